The molecule has 33 heavy (non-hydrogen) atoms. The van der Waals surface area contributed by atoms with Crippen LogP contribution < -0.4 is 9.80 Å². The van der Waals surface area contributed by atoms with Crippen molar-refractivity contribution >= 4 is 33.0 Å². The molecule has 1 atom stereocenters. The van der Waals surface area contributed by atoms with E-state index in [1.54, 1.807) is 34.1 Å². The number of hydrogen-bond acceptors (Lipinski definition) is 4. The van der Waals surface area contributed by atoms with Crippen molar-refractivity contribution in [3.8, 4) is 11.1 Å². The zero-order valence-electron chi connectivity index (χ0n) is 18.9. The van der Waals surface area contributed by atoms with E-state index in [0.717, 1.165) is 16.7 Å². The van der Waals surface area contributed by atoms with Crippen LogP contribution in [-0.2, 0) is 25.8 Å². The minimum atomic E-state index is -3.29. The van der Waals surface area contributed by atoms with Gasteiger partial charge in [0.05, 0.1) is 28.7 Å². The van der Waals surface area contributed by atoms with Crippen LogP contribution in [0.25, 0.3) is 11.1 Å². The predicted octanol–water partition coefficient (Wildman–Crippen LogP) is 4.09. The maximum Gasteiger partial charge on any atom is 0.231 e. The number of rotatable bonds is 4. The Bertz CT molecular complexity index is 1300. The third-order valence-electron chi connectivity index (χ3n) is 5.87. The molecule has 0 aromatic heterocycles. The molecule has 3 aromatic carbocycles. The molecule has 170 valence electrons. The Morgan fingerprint density at radius 1 is 0.909 bits per heavy atom. The van der Waals surface area contributed by atoms with Crippen molar-refractivity contribution in [3.63, 3.8) is 0 Å². The molecule has 6 nitrogen and oxygen atoms in total. The molecule has 0 saturated carbocycles. The van der Waals surface area contributed by atoms with Crippen LogP contribution in [0.4, 0.5) is 11.4 Å². The van der Waals surface area contributed by atoms with E-state index < -0.39 is 9.84 Å². The molecule has 1 aliphatic heterocycles. The third kappa shape index (κ3) is 4.68. The summed E-state index contributed by atoms with van der Waals surface area (Å²) in [5, 5.41) is 0. The first-order valence-electron chi connectivity index (χ1n) is 10.7. The third-order valence-corrected chi connectivity index (χ3v) is 7.00. The van der Waals surface area contributed by atoms with E-state index in [4.69, 9.17) is 0 Å². The van der Waals surface area contributed by atoms with E-state index in [2.05, 4.69) is 0 Å². The number of carbonyl (C=O) groups is 2. The number of benzene rings is 3. The molecule has 2 amide bonds. The highest BCUT2D eigenvalue weighted by atomic mass is 32.2. The first kappa shape index (κ1) is 22.7. The fourth-order valence-corrected chi connectivity index (χ4v) is 4.91. The summed E-state index contributed by atoms with van der Waals surface area (Å²) in [7, 11) is -3.29. The van der Waals surface area contributed by atoms with Crippen molar-refractivity contribution < 1.29 is 18.0 Å². The summed E-state index contributed by atoms with van der Waals surface area (Å²) in [6.07, 6.45) is 1.44. The maximum atomic E-state index is 13.3. The van der Waals surface area contributed by atoms with Crippen LogP contribution in [0.15, 0.2) is 77.7 Å². The SMILES string of the molecule is CC(=O)N1c2ccc(-c3ccc(S(C)(=O)=O)cc3)cc2N(C(=O)Cc2ccccc2)C[C@@H]1C. The van der Waals surface area contributed by atoms with Gasteiger partial charge in [0.1, 0.15) is 0 Å². The first-order chi connectivity index (χ1) is 15.6. The van der Waals surface area contributed by atoms with E-state index in [-0.39, 0.29) is 29.2 Å². The molecular weight excluding hydrogens is 436 g/mol. The lowest BCUT2D eigenvalue weighted by molar-refractivity contribution is -0.119. The van der Waals surface area contributed by atoms with E-state index in [9.17, 15) is 18.0 Å². The molecular formula is C26H26N2O4S. The summed E-state index contributed by atoms with van der Waals surface area (Å²) >= 11 is 0. The summed E-state index contributed by atoms with van der Waals surface area (Å²) in [6.45, 7) is 3.86. The molecule has 0 fully saturated rings. The van der Waals surface area contributed by atoms with E-state index in [1.807, 2.05) is 55.5 Å². The summed E-state index contributed by atoms with van der Waals surface area (Å²) in [4.78, 5) is 29.4. The molecule has 0 bridgehead atoms. The monoisotopic (exact) mass is 462 g/mol. The summed E-state index contributed by atoms with van der Waals surface area (Å²) in [6, 6.07) is 21.7. The van der Waals surface area contributed by atoms with Gasteiger partial charge in [0.2, 0.25) is 11.8 Å². The lowest BCUT2D eigenvalue weighted by atomic mass is 10.00. The highest BCUT2D eigenvalue weighted by Crippen LogP contribution is 2.39. The zero-order chi connectivity index (χ0) is 23.8. The van der Waals surface area contributed by atoms with Gasteiger partial charge in [-0.15, -0.1) is 0 Å². The van der Waals surface area contributed by atoms with Gasteiger partial charge in [-0.25, -0.2) is 8.42 Å². The number of fused-ring (bicyclic) bond motifs is 1. The molecule has 1 aliphatic rings. The summed E-state index contributed by atoms with van der Waals surface area (Å²) in [5.74, 6) is -0.119. The largest absolute Gasteiger partial charge is 0.308 e. The number of anilines is 2. The second-order valence-electron chi connectivity index (χ2n) is 8.40. The number of hydrogen-bond donors (Lipinski definition) is 0. The Balaban J connectivity index is 1.75. The second kappa shape index (κ2) is 8.83. The molecule has 4 rings (SSSR count). The zero-order valence-corrected chi connectivity index (χ0v) is 19.7. The molecule has 0 unspecified atom stereocenters. The van der Waals surface area contributed by atoms with Gasteiger partial charge in [-0.2, -0.15) is 0 Å². The van der Waals surface area contributed by atoms with Gasteiger partial charge in [0, 0.05) is 19.7 Å². The van der Waals surface area contributed by atoms with Crippen LogP contribution in [0.1, 0.15) is 19.4 Å². The van der Waals surface area contributed by atoms with Crippen LogP contribution in [0.3, 0.4) is 0 Å². The molecule has 0 N–H and O–H groups in total. The van der Waals surface area contributed by atoms with Gasteiger partial charge in [-0.05, 0) is 47.9 Å². The van der Waals surface area contributed by atoms with Crippen molar-refractivity contribution in [2.75, 3.05) is 22.6 Å². The highest BCUT2D eigenvalue weighted by molar-refractivity contribution is 7.90. The molecule has 0 spiro atoms. The lowest BCUT2D eigenvalue weighted by Gasteiger charge is -2.41. The minimum Gasteiger partial charge on any atom is -0.308 e. The van der Waals surface area contributed by atoms with Crippen LogP contribution in [-0.4, -0.2) is 39.1 Å². The van der Waals surface area contributed by atoms with Crippen molar-refractivity contribution in [1.29, 1.82) is 0 Å². The standard InChI is InChI=1S/C26H26N2O4S/c1-18-17-27(26(30)15-20-7-5-4-6-8-20)25-16-22(11-14-24(25)28(18)19(2)29)21-9-12-23(13-10-21)33(3,31)32/h4-14,16,18H,15,17H2,1-3H3/t18-/m0/s1. The smallest absolute Gasteiger partial charge is 0.231 e. The van der Waals surface area contributed by atoms with Gasteiger partial charge in [0.25, 0.3) is 0 Å². The average Bonchev–Trinajstić information content (AvgIpc) is 2.78. The van der Waals surface area contributed by atoms with Crippen LogP contribution >= 0.6 is 0 Å². The highest BCUT2D eigenvalue weighted by Gasteiger charge is 2.33. The van der Waals surface area contributed by atoms with Gasteiger partial charge in [-0.3, -0.25) is 9.59 Å². The second-order valence-corrected chi connectivity index (χ2v) is 10.4. The van der Waals surface area contributed by atoms with Crippen LogP contribution in [0.2, 0.25) is 0 Å². The Hall–Kier alpha value is -3.45. The first-order valence-corrected chi connectivity index (χ1v) is 12.6. The van der Waals surface area contributed by atoms with Crippen molar-refractivity contribution in [3.05, 3.63) is 78.4 Å². The quantitative estimate of drug-likeness (QED) is 0.585. The molecule has 3 aromatic rings. The van der Waals surface area contributed by atoms with E-state index in [0.29, 0.717) is 17.9 Å². The van der Waals surface area contributed by atoms with Crippen LogP contribution in [0, 0.1) is 0 Å². The Labute approximate surface area is 194 Å². The number of sulfone groups is 1. The average molecular weight is 463 g/mol. The van der Waals surface area contributed by atoms with E-state index in [1.165, 1.54) is 13.2 Å². The van der Waals surface area contributed by atoms with Gasteiger partial charge < -0.3 is 9.80 Å². The number of nitrogens with zero attached hydrogens (tertiary/aromatic N) is 2. The van der Waals surface area contributed by atoms with Crippen molar-refractivity contribution in [2.45, 2.75) is 31.2 Å². The lowest BCUT2D eigenvalue weighted by Crippen LogP contribution is -2.51. The fourth-order valence-electron chi connectivity index (χ4n) is 4.28. The van der Waals surface area contributed by atoms with Crippen molar-refractivity contribution in [1.82, 2.24) is 0 Å². The number of amides is 2. The molecule has 0 radical (unpaired) electrons. The maximum absolute atomic E-state index is 13.3. The number of carbonyl (C=O) groups excluding carboxylic acids is 2. The molecule has 7 heteroatoms. The summed E-state index contributed by atoms with van der Waals surface area (Å²) in [5.41, 5.74) is 3.96. The Morgan fingerprint density at radius 2 is 1.55 bits per heavy atom. The molecule has 0 aliphatic carbocycles. The minimum absolute atomic E-state index is 0.0397. The Morgan fingerprint density at radius 3 is 2.15 bits per heavy atom. The normalized spacial score (nSPS) is 15.8. The fraction of sp³-hybridized carbons (Fsp3) is 0.231. The van der Waals surface area contributed by atoms with Crippen LogP contribution in [0.5, 0.6) is 0 Å². The topological polar surface area (TPSA) is 74.8 Å². The van der Waals surface area contributed by atoms with Crippen molar-refractivity contribution in [2.24, 2.45) is 0 Å². The summed E-state index contributed by atoms with van der Waals surface area (Å²) < 4.78 is 23.6. The van der Waals surface area contributed by atoms with Gasteiger partial charge in [0.15, 0.2) is 9.84 Å². The molecule has 0 saturated heterocycles. The molecule has 1 heterocycles. The van der Waals surface area contributed by atoms with Gasteiger partial charge >= 0.3 is 0 Å². The predicted molar refractivity (Wildman–Crippen MR) is 130 cm³/mol. The van der Waals surface area contributed by atoms with E-state index >= 15 is 0 Å². The Kier molecular flexibility index (Phi) is 6.08. The van der Waals surface area contributed by atoms with Gasteiger partial charge in [-0.1, -0.05) is 48.5 Å².